The number of aromatic nitrogens is 1. The van der Waals surface area contributed by atoms with Gasteiger partial charge in [-0.25, -0.2) is 18.4 Å². The molecule has 3 aromatic rings. The summed E-state index contributed by atoms with van der Waals surface area (Å²) >= 11 is 0. The van der Waals surface area contributed by atoms with E-state index in [-0.39, 0.29) is 17.1 Å². The number of esters is 1. The Labute approximate surface area is 144 Å². The van der Waals surface area contributed by atoms with Crippen molar-refractivity contribution in [2.75, 3.05) is 0 Å². The molecule has 7 nitrogen and oxygen atoms in total. The summed E-state index contributed by atoms with van der Waals surface area (Å²) in [4.78, 5) is 11.9. The summed E-state index contributed by atoms with van der Waals surface area (Å²) < 4.78 is 32.7. The van der Waals surface area contributed by atoms with Crippen molar-refractivity contribution in [1.82, 2.24) is 5.16 Å². The number of benzene rings is 2. The SMILES string of the molecule is NS(=O)(=O)c1ccc(C(=O)OCc2cc(-c3ccccc3)on2)cc1. The second kappa shape index (κ2) is 6.88. The molecule has 0 radical (unpaired) electrons. The molecule has 8 heteroatoms. The number of nitrogens with two attached hydrogens (primary N) is 1. The van der Waals surface area contributed by atoms with Gasteiger partial charge in [-0.05, 0) is 24.3 Å². The number of ether oxygens (including phenoxy) is 1. The van der Waals surface area contributed by atoms with Gasteiger partial charge in [-0.3, -0.25) is 0 Å². The monoisotopic (exact) mass is 358 g/mol. The lowest BCUT2D eigenvalue weighted by atomic mass is 10.2. The Morgan fingerprint density at radius 1 is 1.08 bits per heavy atom. The predicted molar refractivity (Wildman–Crippen MR) is 88.9 cm³/mol. The van der Waals surface area contributed by atoms with Crippen molar-refractivity contribution in [2.24, 2.45) is 5.14 Å². The fraction of sp³-hybridized carbons (Fsp3) is 0.0588. The number of primary sulfonamides is 1. The third-order valence-electron chi connectivity index (χ3n) is 3.39. The van der Waals surface area contributed by atoms with Crippen LogP contribution in [0.2, 0.25) is 0 Å². The van der Waals surface area contributed by atoms with Crippen molar-refractivity contribution in [3.05, 3.63) is 71.9 Å². The molecule has 2 N–H and O–H groups in total. The zero-order valence-corrected chi connectivity index (χ0v) is 13.8. The predicted octanol–water partition coefficient (Wildman–Crippen LogP) is 2.35. The van der Waals surface area contributed by atoms with Crippen molar-refractivity contribution >= 4 is 16.0 Å². The molecule has 3 rings (SSSR count). The number of nitrogens with zero attached hydrogens (tertiary/aromatic N) is 1. The molecule has 1 aromatic heterocycles. The highest BCUT2D eigenvalue weighted by Gasteiger charge is 2.13. The first-order chi connectivity index (χ1) is 11.9. The number of carbonyl (C=O) groups excluding carboxylic acids is 1. The zero-order valence-electron chi connectivity index (χ0n) is 13.0. The number of carbonyl (C=O) groups is 1. The lowest BCUT2D eigenvalue weighted by Crippen LogP contribution is -2.12. The second-order valence-corrected chi connectivity index (χ2v) is 6.76. The molecule has 0 aliphatic rings. The maximum absolute atomic E-state index is 12.0. The first-order valence-corrected chi connectivity index (χ1v) is 8.79. The Balaban J connectivity index is 1.64. The summed E-state index contributed by atoms with van der Waals surface area (Å²) in [6.07, 6.45) is 0. The lowest BCUT2D eigenvalue weighted by molar-refractivity contribution is 0.0464. The van der Waals surface area contributed by atoms with E-state index in [1.807, 2.05) is 30.3 Å². The minimum atomic E-state index is -3.80. The summed E-state index contributed by atoms with van der Waals surface area (Å²) in [6, 6.07) is 16.3. The molecule has 0 saturated heterocycles. The van der Waals surface area contributed by atoms with Crippen LogP contribution in [0.15, 0.2) is 70.1 Å². The molecule has 0 aliphatic heterocycles. The summed E-state index contributed by atoms with van der Waals surface area (Å²) in [7, 11) is -3.80. The Bertz CT molecular complexity index is 979. The van der Waals surface area contributed by atoms with Gasteiger partial charge in [0.25, 0.3) is 0 Å². The fourth-order valence-corrected chi connectivity index (χ4v) is 2.64. The number of rotatable bonds is 5. The van der Waals surface area contributed by atoms with Crippen LogP contribution in [0.25, 0.3) is 11.3 Å². The smallest absolute Gasteiger partial charge is 0.338 e. The highest BCUT2D eigenvalue weighted by molar-refractivity contribution is 7.89. The average molecular weight is 358 g/mol. The Morgan fingerprint density at radius 3 is 2.40 bits per heavy atom. The van der Waals surface area contributed by atoms with Crippen molar-refractivity contribution in [1.29, 1.82) is 0 Å². The Morgan fingerprint density at radius 2 is 1.76 bits per heavy atom. The van der Waals surface area contributed by atoms with E-state index < -0.39 is 16.0 Å². The normalized spacial score (nSPS) is 11.2. The van der Waals surface area contributed by atoms with Crippen LogP contribution in [0.1, 0.15) is 16.1 Å². The summed E-state index contributed by atoms with van der Waals surface area (Å²) in [6.45, 7) is -0.0634. The molecular weight excluding hydrogens is 344 g/mol. The molecular formula is C17H14N2O5S. The molecule has 0 bridgehead atoms. The van der Waals surface area contributed by atoms with E-state index in [4.69, 9.17) is 14.4 Å². The van der Waals surface area contributed by atoms with E-state index in [1.165, 1.54) is 24.3 Å². The molecule has 0 amide bonds. The molecule has 128 valence electrons. The Hall–Kier alpha value is -2.97. The fourth-order valence-electron chi connectivity index (χ4n) is 2.12. The summed E-state index contributed by atoms with van der Waals surface area (Å²) in [5.41, 5.74) is 1.54. The van der Waals surface area contributed by atoms with Crippen molar-refractivity contribution in [3.63, 3.8) is 0 Å². The highest BCUT2D eigenvalue weighted by atomic mass is 32.2. The standard InChI is InChI=1S/C17H14N2O5S/c18-25(21,22)15-8-6-13(7-9-15)17(20)23-11-14-10-16(24-19-14)12-4-2-1-3-5-12/h1-10H,11H2,(H2,18,21,22). The molecule has 1 heterocycles. The largest absolute Gasteiger partial charge is 0.455 e. The van der Waals surface area contributed by atoms with Crippen molar-refractivity contribution in [3.8, 4) is 11.3 Å². The molecule has 0 spiro atoms. The van der Waals surface area contributed by atoms with Gasteiger partial charge in [-0.1, -0.05) is 35.5 Å². The van der Waals surface area contributed by atoms with Gasteiger partial charge in [0.05, 0.1) is 10.5 Å². The molecule has 0 aliphatic carbocycles. The summed E-state index contributed by atoms with van der Waals surface area (Å²) in [5, 5.41) is 8.86. The van der Waals surface area contributed by atoms with Crippen molar-refractivity contribution < 1.29 is 22.5 Å². The van der Waals surface area contributed by atoms with Gasteiger partial charge < -0.3 is 9.26 Å². The lowest BCUT2D eigenvalue weighted by Gasteiger charge is -2.03. The van der Waals surface area contributed by atoms with Crippen LogP contribution >= 0.6 is 0 Å². The van der Waals surface area contributed by atoms with Crippen LogP contribution in [0.5, 0.6) is 0 Å². The van der Waals surface area contributed by atoms with Gasteiger partial charge in [0.1, 0.15) is 12.3 Å². The molecule has 0 atom stereocenters. The maximum Gasteiger partial charge on any atom is 0.338 e. The zero-order chi connectivity index (χ0) is 17.9. The van der Waals surface area contributed by atoms with Crippen LogP contribution in [0, 0.1) is 0 Å². The third-order valence-corrected chi connectivity index (χ3v) is 4.32. The topological polar surface area (TPSA) is 112 Å². The highest BCUT2D eigenvalue weighted by Crippen LogP contribution is 2.20. The van der Waals surface area contributed by atoms with Gasteiger partial charge in [0.15, 0.2) is 5.76 Å². The third kappa shape index (κ3) is 4.11. The van der Waals surface area contributed by atoms with Crippen molar-refractivity contribution in [2.45, 2.75) is 11.5 Å². The number of sulfonamides is 1. The molecule has 25 heavy (non-hydrogen) atoms. The number of hydrogen-bond acceptors (Lipinski definition) is 6. The quantitative estimate of drug-likeness (QED) is 0.701. The first kappa shape index (κ1) is 16.9. The van der Waals surface area contributed by atoms with E-state index in [1.54, 1.807) is 6.07 Å². The van der Waals surface area contributed by atoms with E-state index in [0.717, 1.165) is 5.56 Å². The number of hydrogen-bond donors (Lipinski definition) is 1. The van der Waals surface area contributed by atoms with Crippen LogP contribution in [0.4, 0.5) is 0 Å². The van der Waals surface area contributed by atoms with Gasteiger partial charge in [0, 0.05) is 11.6 Å². The van der Waals surface area contributed by atoms with E-state index in [0.29, 0.717) is 11.5 Å². The first-order valence-electron chi connectivity index (χ1n) is 7.24. The second-order valence-electron chi connectivity index (χ2n) is 5.19. The van der Waals surface area contributed by atoms with Crippen LogP contribution in [-0.2, 0) is 21.4 Å². The van der Waals surface area contributed by atoms with Crippen LogP contribution in [-0.4, -0.2) is 19.5 Å². The van der Waals surface area contributed by atoms with E-state index >= 15 is 0 Å². The average Bonchev–Trinajstić information content (AvgIpc) is 3.09. The minimum Gasteiger partial charge on any atom is -0.455 e. The van der Waals surface area contributed by atoms with E-state index in [2.05, 4.69) is 5.16 Å². The van der Waals surface area contributed by atoms with Gasteiger partial charge in [-0.2, -0.15) is 0 Å². The van der Waals surface area contributed by atoms with Gasteiger partial charge in [-0.15, -0.1) is 0 Å². The Kier molecular flexibility index (Phi) is 4.64. The van der Waals surface area contributed by atoms with Gasteiger partial charge in [0.2, 0.25) is 10.0 Å². The van der Waals surface area contributed by atoms with Gasteiger partial charge >= 0.3 is 5.97 Å². The van der Waals surface area contributed by atoms with E-state index in [9.17, 15) is 13.2 Å². The summed E-state index contributed by atoms with van der Waals surface area (Å²) in [5.74, 6) is -0.0330. The maximum atomic E-state index is 12.0. The molecule has 0 saturated carbocycles. The van der Waals surface area contributed by atoms with Crippen LogP contribution < -0.4 is 5.14 Å². The molecule has 2 aromatic carbocycles. The molecule has 0 fully saturated rings. The molecule has 0 unspecified atom stereocenters. The van der Waals surface area contributed by atoms with Crippen LogP contribution in [0.3, 0.4) is 0 Å². The minimum absolute atomic E-state index is 0.0634.